The number of nitrogens with one attached hydrogen (secondary N) is 2. The quantitative estimate of drug-likeness (QED) is 0.646. The van der Waals surface area contributed by atoms with Gasteiger partial charge in [-0.1, -0.05) is 17.8 Å². The number of aromatic nitrogens is 2. The fourth-order valence-corrected chi connectivity index (χ4v) is 2.13. The number of rotatable bonds is 5. The number of anilines is 3. The van der Waals surface area contributed by atoms with Crippen LogP contribution in [-0.4, -0.2) is 22.8 Å². The van der Waals surface area contributed by atoms with Gasteiger partial charge in [0.25, 0.3) is 0 Å². The zero-order valence-corrected chi connectivity index (χ0v) is 12.8. The van der Waals surface area contributed by atoms with Gasteiger partial charge in [0.2, 0.25) is 0 Å². The molecule has 0 atom stereocenters. The van der Waals surface area contributed by atoms with Crippen LogP contribution in [0, 0.1) is 18.6 Å². The van der Waals surface area contributed by atoms with Gasteiger partial charge in [-0.05, 0) is 31.7 Å². The van der Waals surface area contributed by atoms with Gasteiger partial charge >= 0.3 is 0 Å². The van der Waals surface area contributed by atoms with Crippen molar-refractivity contribution >= 4 is 29.1 Å². The minimum atomic E-state index is -0.660. The summed E-state index contributed by atoms with van der Waals surface area (Å²) in [7, 11) is 0. The molecule has 2 N–H and O–H groups in total. The van der Waals surface area contributed by atoms with Crippen LogP contribution in [0.2, 0.25) is 0 Å². The van der Waals surface area contributed by atoms with E-state index in [1.807, 2.05) is 13.2 Å². The molecule has 0 spiro atoms. The maximum absolute atomic E-state index is 14.0. The Morgan fingerprint density at radius 1 is 1.19 bits per heavy atom. The van der Waals surface area contributed by atoms with Crippen molar-refractivity contribution in [1.82, 2.24) is 9.97 Å². The average Bonchev–Trinajstić information content (AvgIpc) is 2.48. The zero-order chi connectivity index (χ0) is 15.4. The number of nitrogens with zero attached hydrogens (tertiary/aromatic N) is 2. The SMILES string of the molecule is CCNc1cc(Nc2c(F)ccc(C)c2F)nc(SC)n1. The van der Waals surface area contributed by atoms with Gasteiger partial charge in [-0.3, -0.25) is 0 Å². The predicted octanol–water partition coefficient (Wildman–Crippen LogP) is 3.96. The van der Waals surface area contributed by atoms with Crippen LogP contribution in [0.5, 0.6) is 0 Å². The van der Waals surface area contributed by atoms with E-state index in [9.17, 15) is 8.78 Å². The molecule has 0 saturated heterocycles. The third kappa shape index (κ3) is 3.60. The largest absolute Gasteiger partial charge is 0.370 e. The second kappa shape index (κ2) is 6.71. The topological polar surface area (TPSA) is 49.8 Å². The normalized spacial score (nSPS) is 10.5. The summed E-state index contributed by atoms with van der Waals surface area (Å²) in [4.78, 5) is 8.47. The standard InChI is InChI=1S/C14H16F2N4S/c1-4-17-10-7-11(20-14(19-10)21-3)18-13-9(15)6-5-8(2)12(13)16/h5-7H,4H2,1-3H3,(H2,17,18,19,20). The number of halogens is 2. The second-order valence-corrected chi connectivity index (χ2v) is 5.11. The van der Waals surface area contributed by atoms with Crippen molar-refractivity contribution < 1.29 is 8.78 Å². The highest BCUT2D eigenvalue weighted by Gasteiger charge is 2.13. The van der Waals surface area contributed by atoms with Crippen LogP contribution >= 0.6 is 11.8 Å². The average molecular weight is 310 g/mol. The lowest BCUT2D eigenvalue weighted by atomic mass is 10.2. The Morgan fingerprint density at radius 3 is 2.57 bits per heavy atom. The number of benzene rings is 1. The lowest BCUT2D eigenvalue weighted by molar-refractivity contribution is 0.584. The zero-order valence-electron chi connectivity index (χ0n) is 12.0. The lowest BCUT2D eigenvalue weighted by Gasteiger charge is -2.12. The van der Waals surface area contributed by atoms with E-state index in [1.165, 1.54) is 23.9 Å². The molecular weight excluding hydrogens is 294 g/mol. The Labute approximate surface area is 126 Å². The van der Waals surface area contributed by atoms with Gasteiger partial charge in [0.1, 0.15) is 23.1 Å². The van der Waals surface area contributed by atoms with Crippen molar-refractivity contribution in [2.24, 2.45) is 0 Å². The summed E-state index contributed by atoms with van der Waals surface area (Å²) in [5.41, 5.74) is 0.160. The predicted molar refractivity (Wildman–Crippen MR) is 82.4 cm³/mol. The summed E-state index contributed by atoms with van der Waals surface area (Å²) in [5, 5.41) is 6.28. The highest BCUT2D eigenvalue weighted by atomic mass is 32.2. The minimum Gasteiger partial charge on any atom is -0.370 e. The Bertz CT molecular complexity index is 649. The molecule has 0 amide bonds. The van der Waals surface area contributed by atoms with Crippen molar-refractivity contribution in [2.45, 2.75) is 19.0 Å². The van der Waals surface area contributed by atoms with Gasteiger partial charge < -0.3 is 10.6 Å². The van der Waals surface area contributed by atoms with E-state index < -0.39 is 11.6 Å². The molecule has 112 valence electrons. The molecule has 4 nitrogen and oxygen atoms in total. The highest BCUT2D eigenvalue weighted by Crippen LogP contribution is 2.26. The lowest BCUT2D eigenvalue weighted by Crippen LogP contribution is -2.05. The van der Waals surface area contributed by atoms with Crippen LogP contribution < -0.4 is 10.6 Å². The fourth-order valence-electron chi connectivity index (χ4n) is 1.75. The molecule has 1 heterocycles. The van der Waals surface area contributed by atoms with Crippen LogP contribution in [0.4, 0.5) is 26.1 Å². The third-order valence-corrected chi connectivity index (χ3v) is 3.33. The second-order valence-electron chi connectivity index (χ2n) is 4.33. The van der Waals surface area contributed by atoms with E-state index in [-0.39, 0.29) is 5.69 Å². The minimum absolute atomic E-state index is 0.205. The van der Waals surface area contributed by atoms with Crippen LogP contribution in [-0.2, 0) is 0 Å². The smallest absolute Gasteiger partial charge is 0.191 e. The van der Waals surface area contributed by atoms with E-state index in [0.717, 1.165) is 0 Å². The van der Waals surface area contributed by atoms with Crippen molar-refractivity contribution in [2.75, 3.05) is 23.4 Å². The van der Waals surface area contributed by atoms with Gasteiger partial charge in [0.05, 0.1) is 0 Å². The molecule has 1 aromatic heterocycles. The Kier molecular flexibility index (Phi) is 4.95. The summed E-state index contributed by atoms with van der Waals surface area (Å²) in [5.74, 6) is -0.335. The number of thioether (sulfide) groups is 1. The van der Waals surface area contributed by atoms with Gasteiger partial charge in [0.15, 0.2) is 11.0 Å². The molecule has 1 aromatic carbocycles. The molecule has 0 unspecified atom stereocenters. The Hall–Kier alpha value is -1.89. The van der Waals surface area contributed by atoms with E-state index >= 15 is 0 Å². The van der Waals surface area contributed by atoms with E-state index in [2.05, 4.69) is 20.6 Å². The number of hydrogen-bond donors (Lipinski definition) is 2. The summed E-state index contributed by atoms with van der Waals surface area (Å²) < 4.78 is 27.8. The van der Waals surface area contributed by atoms with Gasteiger partial charge in [-0.25, -0.2) is 18.7 Å². The van der Waals surface area contributed by atoms with Gasteiger partial charge in [0, 0.05) is 12.6 Å². The van der Waals surface area contributed by atoms with Gasteiger partial charge in [-0.2, -0.15) is 0 Å². The monoisotopic (exact) mass is 310 g/mol. The van der Waals surface area contributed by atoms with Gasteiger partial charge in [-0.15, -0.1) is 0 Å². The van der Waals surface area contributed by atoms with Crippen molar-refractivity contribution in [1.29, 1.82) is 0 Å². The molecule has 0 aliphatic rings. The maximum atomic E-state index is 14.0. The molecule has 0 fully saturated rings. The Balaban J connectivity index is 2.39. The van der Waals surface area contributed by atoms with Crippen molar-refractivity contribution in [3.63, 3.8) is 0 Å². The molecule has 2 aromatic rings. The Morgan fingerprint density at radius 2 is 1.90 bits per heavy atom. The molecule has 0 aliphatic carbocycles. The molecule has 7 heteroatoms. The van der Waals surface area contributed by atoms with E-state index in [0.29, 0.717) is 28.9 Å². The molecule has 0 saturated carbocycles. The molecular formula is C14H16F2N4S. The first kappa shape index (κ1) is 15.5. The van der Waals surface area contributed by atoms with Crippen molar-refractivity contribution in [3.05, 3.63) is 35.4 Å². The van der Waals surface area contributed by atoms with Crippen LogP contribution in [0.1, 0.15) is 12.5 Å². The van der Waals surface area contributed by atoms with Crippen molar-refractivity contribution in [3.8, 4) is 0 Å². The van der Waals surface area contributed by atoms with E-state index in [4.69, 9.17) is 0 Å². The first-order valence-electron chi connectivity index (χ1n) is 6.43. The third-order valence-electron chi connectivity index (χ3n) is 2.78. The van der Waals surface area contributed by atoms with E-state index in [1.54, 1.807) is 13.0 Å². The number of aryl methyl sites for hydroxylation is 1. The highest BCUT2D eigenvalue weighted by molar-refractivity contribution is 7.98. The molecule has 0 bridgehead atoms. The first-order valence-corrected chi connectivity index (χ1v) is 7.66. The summed E-state index contributed by atoms with van der Waals surface area (Å²) >= 11 is 1.36. The molecule has 0 aliphatic heterocycles. The van der Waals surface area contributed by atoms with Crippen LogP contribution in [0.25, 0.3) is 0 Å². The number of hydrogen-bond acceptors (Lipinski definition) is 5. The molecule has 0 radical (unpaired) electrons. The summed E-state index contributed by atoms with van der Waals surface area (Å²) in [6, 6.07) is 4.24. The van der Waals surface area contributed by atoms with Crippen LogP contribution in [0.15, 0.2) is 23.4 Å². The van der Waals surface area contributed by atoms with Crippen LogP contribution in [0.3, 0.4) is 0 Å². The molecule has 2 rings (SSSR count). The fraction of sp³-hybridized carbons (Fsp3) is 0.286. The summed E-state index contributed by atoms with van der Waals surface area (Å²) in [6.45, 7) is 4.21. The summed E-state index contributed by atoms with van der Waals surface area (Å²) in [6.07, 6.45) is 1.84. The molecule has 21 heavy (non-hydrogen) atoms. The first-order chi connectivity index (χ1) is 10.0. The maximum Gasteiger partial charge on any atom is 0.191 e.